The Morgan fingerprint density at radius 2 is 1.93 bits per heavy atom. The Morgan fingerprint density at radius 1 is 1.20 bits per heavy atom. The van der Waals surface area contributed by atoms with Gasteiger partial charge >= 0.3 is 6.18 Å². The van der Waals surface area contributed by atoms with Gasteiger partial charge < -0.3 is 4.90 Å². The first-order chi connectivity index (χ1) is 14.2. The van der Waals surface area contributed by atoms with E-state index in [0.717, 1.165) is 10.6 Å². The Kier molecular flexibility index (Phi) is 5.21. The zero-order valence-corrected chi connectivity index (χ0v) is 16.3. The molecule has 0 saturated carbocycles. The highest BCUT2D eigenvalue weighted by atomic mass is 19.4. The molecule has 1 amide bonds. The van der Waals surface area contributed by atoms with Crippen molar-refractivity contribution in [3.05, 3.63) is 64.9 Å². The fourth-order valence-electron chi connectivity index (χ4n) is 3.85. The fourth-order valence-corrected chi connectivity index (χ4v) is 3.85. The van der Waals surface area contributed by atoms with Crippen LogP contribution in [0.3, 0.4) is 0 Å². The third-order valence-electron chi connectivity index (χ3n) is 5.32. The molecule has 0 unspecified atom stereocenters. The second-order valence-corrected chi connectivity index (χ2v) is 7.60. The van der Waals surface area contributed by atoms with E-state index < -0.39 is 11.9 Å². The van der Waals surface area contributed by atoms with Gasteiger partial charge in [0.05, 0.1) is 12.1 Å². The molecular weight excluding hydrogens is 400 g/mol. The maximum absolute atomic E-state index is 13.6. The van der Waals surface area contributed by atoms with Crippen LogP contribution in [0.4, 0.5) is 17.6 Å². The standard InChI is InChI=1S/C21H20F4N4O/c1-13-9-19-26-17(11-18(21(23,24)25)29(19)27-13)15-3-2-8-28(12-15)20(30)10-14-4-6-16(22)7-5-14/h4-7,9,11,15H,2-3,8,10,12H2,1H3/t15-/m1/s1. The fraction of sp³-hybridized carbons (Fsp3) is 0.381. The highest BCUT2D eigenvalue weighted by molar-refractivity contribution is 5.79. The number of amides is 1. The first kappa shape index (κ1) is 20.3. The summed E-state index contributed by atoms with van der Waals surface area (Å²) in [5.41, 5.74) is 0.730. The lowest BCUT2D eigenvalue weighted by Gasteiger charge is -2.33. The minimum atomic E-state index is -4.57. The van der Waals surface area contributed by atoms with Gasteiger partial charge in [-0.3, -0.25) is 4.79 Å². The summed E-state index contributed by atoms with van der Waals surface area (Å²) in [4.78, 5) is 18.7. The van der Waals surface area contributed by atoms with Crippen LogP contribution in [0.1, 0.15) is 41.4 Å². The van der Waals surface area contributed by atoms with Gasteiger partial charge in [0.1, 0.15) is 11.5 Å². The van der Waals surface area contributed by atoms with Crippen LogP contribution >= 0.6 is 0 Å². The van der Waals surface area contributed by atoms with E-state index in [1.54, 1.807) is 24.0 Å². The van der Waals surface area contributed by atoms with Crippen molar-refractivity contribution in [2.24, 2.45) is 0 Å². The number of piperidine rings is 1. The van der Waals surface area contributed by atoms with E-state index >= 15 is 0 Å². The number of likely N-dealkylation sites (tertiary alicyclic amines) is 1. The number of carbonyl (C=O) groups excluding carboxylic acids is 1. The van der Waals surface area contributed by atoms with Gasteiger partial charge in [0.25, 0.3) is 0 Å². The molecule has 9 heteroatoms. The van der Waals surface area contributed by atoms with Crippen LogP contribution in [-0.4, -0.2) is 38.5 Å². The van der Waals surface area contributed by atoms with E-state index in [4.69, 9.17) is 0 Å². The van der Waals surface area contributed by atoms with Gasteiger partial charge in [-0.25, -0.2) is 13.9 Å². The molecule has 1 aromatic carbocycles. The molecule has 30 heavy (non-hydrogen) atoms. The summed E-state index contributed by atoms with van der Waals surface area (Å²) in [6.07, 6.45) is -3.13. The Morgan fingerprint density at radius 3 is 2.63 bits per heavy atom. The predicted molar refractivity (Wildman–Crippen MR) is 101 cm³/mol. The molecule has 4 rings (SSSR count). The molecule has 1 aliphatic heterocycles. The third kappa shape index (κ3) is 4.15. The number of aryl methyl sites for hydroxylation is 1. The molecule has 3 heterocycles. The molecule has 2 aromatic heterocycles. The lowest BCUT2D eigenvalue weighted by atomic mass is 9.93. The topological polar surface area (TPSA) is 50.5 Å². The van der Waals surface area contributed by atoms with Crippen molar-refractivity contribution in [2.45, 2.75) is 38.3 Å². The SMILES string of the molecule is Cc1cc2nc([C@@H]3CCCN(C(=O)Cc4ccc(F)cc4)C3)cc(C(F)(F)F)n2n1. The summed E-state index contributed by atoms with van der Waals surface area (Å²) in [6, 6.07) is 8.26. The number of alkyl halides is 3. The average Bonchev–Trinajstić information content (AvgIpc) is 3.08. The van der Waals surface area contributed by atoms with Gasteiger partial charge in [0, 0.05) is 30.8 Å². The molecule has 0 spiro atoms. The van der Waals surface area contributed by atoms with Crippen molar-refractivity contribution >= 4 is 11.6 Å². The van der Waals surface area contributed by atoms with Gasteiger partial charge in [-0.05, 0) is 43.5 Å². The summed E-state index contributed by atoms with van der Waals surface area (Å²) in [5, 5.41) is 3.90. The number of carbonyl (C=O) groups is 1. The summed E-state index contributed by atoms with van der Waals surface area (Å²) in [6.45, 7) is 2.45. The molecular formula is C21H20F4N4O. The van der Waals surface area contributed by atoms with E-state index in [1.807, 2.05) is 0 Å². The first-order valence-corrected chi connectivity index (χ1v) is 9.67. The second-order valence-electron chi connectivity index (χ2n) is 7.60. The van der Waals surface area contributed by atoms with Crippen LogP contribution in [-0.2, 0) is 17.4 Å². The molecule has 1 atom stereocenters. The van der Waals surface area contributed by atoms with Crippen molar-refractivity contribution in [3.8, 4) is 0 Å². The van der Waals surface area contributed by atoms with Crippen molar-refractivity contribution in [1.29, 1.82) is 0 Å². The quantitative estimate of drug-likeness (QED) is 0.599. The van der Waals surface area contributed by atoms with E-state index in [1.165, 1.54) is 18.2 Å². The first-order valence-electron chi connectivity index (χ1n) is 9.67. The normalized spacial score (nSPS) is 17.5. The zero-order valence-electron chi connectivity index (χ0n) is 16.3. The molecule has 158 valence electrons. The van der Waals surface area contributed by atoms with Gasteiger partial charge in [-0.1, -0.05) is 12.1 Å². The molecule has 5 nitrogen and oxygen atoms in total. The number of nitrogens with zero attached hydrogens (tertiary/aromatic N) is 4. The van der Waals surface area contributed by atoms with Crippen molar-refractivity contribution < 1.29 is 22.4 Å². The molecule has 1 saturated heterocycles. The zero-order chi connectivity index (χ0) is 21.5. The lowest BCUT2D eigenvalue weighted by molar-refractivity contribution is -0.142. The second kappa shape index (κ2) is 7.70. The summed E-state index contributed by atoms with van der Waals surface area (Å²) in [5.74, 6) is -0.804. The lowest BCUT2D eigenvalue weighted by Crippen LogP contribution is -2.40. The highest BCUT2D eigenvalue weighted by Gasteiger charge is 2.36. The van der Waals surface area contributed by atoms with Gasteiger partial charge in [-0.2, -0.15) is 18.3 Å². The van der Waals surface area contributed by atoms with Crippen LogP contribution in [0, 0.1) is 12.7 Å². The Labute approximate surface area is 170 Å². The van der Waals surface area contributed by atoms with Crippen LogP contribution in [0.15, 0.2) is 36.4 Å². The van der Waals surface area contributed by atoms with Crippen molar-refractivity contribution in [1.82, 2.24) is 19.5 Å². The van der Waals surface area contributed by atoms with E-state index in [9.17, 15) is 22.4 Å². The smallest absolute Gasteiger partial charge is 0.342 e. The number of hydrogen-bond donors (Lipinski definition) is 0. The Hall–Kier alpha value is -2.97. The van der Waals surface area contributed by atoms with E-state index in [2.05, 4.69) is 10.1 Å². The number of fused-ring (bicyclic) bond motifs is 1. The van der Waals surface area contributed by atoms with Crippen LogP contribution in [0.2, 0.25) is 0 Å². The van der Waals surface area contributed by atoms with Crippen LogP contribution in [0.25, 0.3) is 5.65 Å². The maximum atomic E-state index is 13.6. The number of rotatable bonds is 3. The number of halogens is 4. The highest BCUT2D eigenvalue weighted by Crippen LogP contribution is 2.33. The molecule has 0 bridgehead atoms. The molecule has 3 aromatic rings. The Bertz CT molecular complexity index is 1080. The summed E-state index contributed by atoms with van der Waals surface area (Å²) in [7, 11) is 0. The van der Waals surface area contributed by atoms with Gasteiger partial charge in [-0.15, -0.1) is 0 Å². The van der Waals surface area contributed by atoms with E-state index in [0.29, 0.717) is 42.9 Å². The largest absolute Gasteiger partial charge is 0.433 e. The molecule has 0 N–H and O–H groups in total. The molecule has 0 aliphatic carbocycles. The van der Waals surface area contributed by atoms with Gasteiger partial charge in [0.2, 0.25) is 5.91 Å². The van der Waals surface area contributed by atoms with Crippen LogP contribution in [0.5, 0.6) is 0 Å². The summed E-state index contributed by atoms with van der Waals surface area (Å²) < 4.78 is 54.6. The third-order valence-corrected chi connectivity index (χ3v) is 5.32. The van der Waals surface area contributed by atoms with Crippen molar-refractivity contribution in [2.75, 3.05) is 13.1 Å². The number of benzene rings is 1. The van der Waals surface area contributed by atoms with Crippen molar-refractivity contribution in [3.63, 3.8) is 0 Å². The predicted octanol–water partition coefficient (Wildman–Crippen LogP) is 4.14. The van der Waals surface area contributed by atoms with E-state index in [-0.39, 0.29) is 29.7 Å². The number of aromatic nitrogens is 3. The minimum Gasteiger partial charge on any atom is -0.342 e. The maximum Gasteiger partial charge on any atom is 0.433 e. The Balaban J connectivity index is 1.57. The average molecular weight is 420 g/mol. The van der Waals surface area contributed by atoms with Crippen LogP contribution < -0.4 is 0 Å². The molecule has 1 fully saturated rings. The summed E-state index contributed by atoms with van der Waals surface area (Å²) >= 11 is 0. The van der Waals surface area contributed by atoms with Gasteiger partial charge in [0.15, 0.2) is 5.65 Å². The monoisotopic (exact) mass is 420 g/mol. The number of hydrogen-bond acceptors (Lipinski definition) is 3. The minimum absolute atomic E-state index is 0.120. The molecule has 0 radical (unpaired) electrons. The molecule has 1 aliphatic rings.